The zero-order chi connectivity index (χ0) is 19.7. The molecule has 0 bridgehead atoms. The molecular weight excluding hydrogens is 362 g/mol. The normalized spacial score (nSPS) is 15.0. The second kappa shape index (κ2) is 7.38. The first kappa shape index (κ1) is 18.1. The van der Waals surface area contributed by atoms with Gasteiger partial charge in [0.1, 0.15) is 11.9 Å². The lowest BCUT2D eigenvalue weighted by molar-refractivity contribution is 0.0928. The van der Waals surface area contributed by atoms with Crippen molar-refractivity contribution in [3.05, 3.63) is 83.1 Å². The standard InChI is InChI=1S/C22H18F2N2O2/c1-13-8-9-19(25-11-13)16-5-2-4-14-10-15(28-21(14)16)12-26-22(27)17-6-3-7-18(23)20(17)24/h2-9,11,15H,10,12H2,1H3,(H,26,27). The Bertz CT molecular complexity index is 1040. The molecule has 1 unspecified atom stereocenters. The van der Waals surface area contributed by atoms with Crippen LogP contribution in [0, 0.1) is 18.6 Å². The lowest BCUT2D eigenvalue weighted by atomic mass is 10.0. The molecule has 0 radical (unpaired) electrons. The van der Waals surface area contributed by atoms with Crippen LogP contribution in [0.4, 0.5) is 8.78 Å². The monoisotopic (exact) mass is 380 g/mol. The first-order valence-electron chi connectivity index (χ1n) is 8.96. The van der Waals surface area contributed by atoms with E-state index in [-0.39, 0.29) is 18.2 Å². The van der Waals surface area contributed by atoms with Crippen molar-refractivity contribution in [2.45, 2.75) is 19.4 Å². The third kappa shape index (κ3) is 3.45. The van der Waals surface area contributed by atoms with Gasteiger partial charge in [-0.25, -0.2) is 8.78 Å². The molecule has 2 aromatic carbocycles. The lowest BCUT2D eigenvalue weighted by Gasteiger charge is -2.14. The summed E-state index contributed by atoms with van der Waals surface area (Å²) in [7, 11) is 0. The molecule has 28 heavy (non-hydrogen) atoms. The molecule has 1 amide bonds. The summed E-state index contributed by atoms with van der Waals surface area (Å²) < 4.78 is 33.1. The van der Waals surface area contributed by atoms with E-state index >= 15 is 0 Å². The number of nitrogens with zero attached hydrogens (tertiary/aromatic N) is 1. The number of aromatic nitrogens is 1. The number of amides is 1. The van der Waals surface area contributed by atoms with Gasteiger partial charge in [-0.15, -0.1) is 0 Å². The van der Waals surface area contributed by atoms with Crippen LogP contribution in [-0.2, 0) is 6.42 Å². The van der Waals surface area contributed by atoms with Gasteiger partial charge in [0.05, 0.1) is 17.8 Å². The van der Waals surface area contributed by atoms with Crippen molar-refractivity contribution in [3.63, 3.8) is 0 Å². The van der Waals surface area contributed by atoms with Crippen molar-refractivity contribution in [3.8, 4) is 17.0 Å². The third-order valence-corrected chi connectivity index (χ3v) is 4.70. The molecule has 4 nitrogen and oxygen atoms in total. The largest absolute Gasteiger partial charge is 0.487 e. The number of ether oxygens (including phenoxy) is 1. The van der Waals surface area contributed by atoms with Gasteiger partial charge in [-0.2, -0.15) is 0 Å². The number of aryl methyl sites for hydroxylation is 1. The van der Waals surface area contributed by atoms with Crippen LogP contribution in [0.3, 0.4) is 0 Å². The van der Waals surface area contributed by atoms with E-state index in [0.717, 1.165) is 34.2 Å². The molecule has 6 heteroatoms. The Hall–Kier alpha value is -3.28. The van der Waals surface area contributed by atoms with E-state index in [1.165, 1.54) is 12.1 Å². The zero-order valence-corrected chi connectivity index (χ0v) is 15.2. The van der Waals surface area contributed by atoms with Gasteiger partial charge in [0.15, 0.2) is 11.6 Å². The van der Waals surface area contributed by atoms with E-state index in [0.29, 0.717) is 6.42 Å². The topological polar surface area (TPSA) is 51.2 Å². The van der Waals surface area contributed by atoms with E-state index in [4.69, 9.17) is 4.74 Å². The molecule has 1 aliphatic heterocycles. The SMILES string of the molecule is Cc1ccc(-c2cccc3c2OC(CNC(=O)c2cccc(F)c2F)C3)nc1. The first-order valence-corrected chi connectivity index (χ1v) is 8.96. The maximum atomic E-state index is 13.8. The van der Waals surface area contributed by atoms with E-state index in [9.17, 15) is 13.6 Å². The average Bonchev–Trinajstić information content (AvgIpc) is 3.12. The van der Waals surface area contributed by atoms with Gasteiger partial charge in [0.2, 0.25) is 0 Å². The summed E-state index contributed by atoms with van der Waals surface area (Å²) in [4.78, 5) is 16.6. The predicted molar refractivity (Wildman–Crippen MR) is 101 cm³/mol. The molecule has 1 atom stereocenters. The lowest BCUT2D eigenvalue weighted by Crippen LogP contribution is -2.35. The van der Waals surface area contributed by atoms with Gasteiger partial charge in [-0.3, -0.25) is 9.78 Å². The van der Waals surface area contributed by atoms with E-state index in [1.807, 2.05) is 37.3 Å². The number of pyridine rings is 1. The van der Waals surface area contributed by atoms with Gasteiger partial charge >= 0.3 is 0 Å². The Balaban J connectivity index is 1.47. The summed E-state index contributed by atoms with van der Waals surface area (Å²) in [6.07, 6.45) is 2.12. The zero-order valence-electron chi connectivity index (χ0n) is 15.2. The van der Waals surface area contributed by atoms with Crippen LogP contribution in [0.15, 0.2) is 54.7 Å². The Labute approximate surface area is 161 Å². The molecule has 1 aliphatic rings. The number of carbonyl (C=O) groups is 1. The number of hydrogen-bond donors (Lipinski definition) is 1. The Morgan fingerprint density at radius 3 is 2.79 bits per heavy atom. The Morgan fingerprint density at radius 2 is 2.00 bits per heavy atom. The highest BCUT2D eigenvalue weighted by atomic mass is 19.2. The Morgan fingerprint density at radius 1 is 1.18 bits per heavy atom. The maximum Gasteiger partial charge on any atom is 0.254 e. The van der Waals surface area contributed by atoms with Crippen LogP contribution in [-0.4, -0.2) is 23.5 Å². The van der Waals surface area contributed by atoms with Crippen molar-refractivity contribution < 1.29 is 18.3 Å². The van der Waals surface area contributed by atoms with Gasteiger partial charge in [-0.05, 0) is 42.3 Å². The van der Waals surface area contributed by atoms with Crippen molar-refractivity contribution in [2.75, 3.05) is 6.54 Å². The molecular formula is C22H18F2N2O2. The highest BCUT2D eigenvalue weighted by Crippen LogP contribution is 2.37. The number of hydrogen-bond acceptors (Lipinski definition) is 3. The average molecular weight is 380 g/mol. The van der Waals surface area contributed by atoms with Crippen LogP contribution >= 0.6 is 0 Å². The first-order chi connectivity index (χ1) is 13.5. The van der Waals surface area contributed by atoms with Crippen molar-refractivity contribution in [2.24, 2.45) is 0 Å². The minimum absolute atomic E-state index is 0.185. The van der Waals surface area contributed by atoms with Crippen LogP contribution in [0.2, 0.25) is 0 Å². The highest BCUT2D eigenvalue weighted by Gasteiger charge is 2.27. The molecule has 4 rings (SSSR count). The number of nitrogens with one attached hydrogen (secondary N) is 1. The van der Waals surface area contributed by atoms with Crippen LogP contribution in [0.1, 0.15) is 21.5 Å². The molecule has 0 saturated carbocycles. The van der Waals surface area contributed by atoms with Crippen molar-refractivity contribution in [1.82, 2.24) is 10.3 Å². The number of halogens is 2. The number of rotatable bonds is 4. The fourth-order valence-corrected chi connectivity index (χ4v) is 3.26. The Kier molecular flexibility index (Phi) is 4.77. The summed E-state index contributed by atoms with van der Waals surface area (Å²) in [5.41, 5.74) is 3.48. The van der Waals surface area contributed by atoms with Gasteiger partial charge in [0.25, 0.3) is 5.91 Å². The van der Waals surface area contributed by atoms with Crippen LogP contribution in [0.25, 0.3) is 11.3 Å². The fourth-order valence-electron chi connectivity index (χ4n) is 3.26. The third-order valence-electron chi connectivity index (χ3n) is 4.70. The summed E-state index contributed by atoms with van der Waals surface area (Å²) in [6.45, 7) is 2.16. The molecule has 2 heterocycles. The van der Waals surface area contributed by atoms with Gasteiger partial charge in [-0.1, -0.05) is 24.3 Å². The minimum atomic E-state index is -1.15. The summed E-state index contributed by atoms with van der Waals surface area (Å²) in [5, 5.41) is 2.62. The molecule has 0 spiro atoms. The van der Waals surface area contributed by atoms with Gasteiger partial charge < -0.3 is 10.1 Å². The van der Waals surface area contributed by atoms with Gasteiger partial charge in [0, 0.05) is 18.2 Å². The minimum Gasteiger partial charge on any atom is -0.487 e. The molecule has 0 aliphatic carbocycles. The summed E-state index contributed by atoms with van der Waals surface area (Å²) in [5.74, 6) is -2.12. The molecule has 0 saturated heterocycles. The van der Waals surface area contributed by atoms with Crippen molar-refractivity contribution in [1.29, 1.82) is 0 Å². The summed E-state index contributed by atoms with van der Waals surface area (Å²) >= 11 is 0. The van der Waals surface area contributed by atoms with E-state index < -0.39 is 17.5 Å². The van der Waals surface area contributed by atoms with E-state index in [2.05, 4.69) is 10.3 Å². The van der Waals surface area contributed by atoms with Crippen molar-refractivity contribution >= 4 is 5.91 Å². The molecule has 3 aromatic rings. The van der Waals surface area contributed by atoms with Crippen LogP contribution < -0.4 is 10.1 Å². The number of carbonyl (C=O) groups excluding carboxylic acids is 1. The number of benzene rings is 2. The summed E-state index contributed by atoms with van der Waals surface area (Å²) in [6, 6.07) is 13.3. The van der Waals surface area contributed by atoms with E-state index in [1.54, 1.807) is 6.20 Å². The second-order valence-corrected chi connectivity index (χ2v) is 6.77. The fraction of sp³-hybridized carbons (Fsp3) is 0.182. The predicted octanol–water partition coefficient (Wildman–Crippen LogP) is 4.07. The highest BCUT2D eigenvalue weighted by molar-refractivity contribution is 5.94. The second-order valence-electron chi connectivity index (χ2n) is 6.77. The number of fused-ring (bicyclic) bond motifs is 1. The molecule has 1 N–H and O–H groups in total. The molecule has 142 valence electrons. The quantitative estimate of drug-likeness (QED) is 0.742. The number of para-hydroxylation sites is 1. The molecule has 0 fully saturated rings. The van der Waals surface area contributed by atoms with Crippen LogP contribution in [0.5, 0.6) is 5.75 Å². The molecule has 1 aromatic heterocycles. The maximum absolute atomic E-state index is 13.8. The smallest absolute Gasteiger partial charge is 0.254 e.